The number of allylic oxidation sites excluding steroid dienone is 2. The van der Waals surface area contributed by atoms with Crippen molar-refractivity contribution < 1.29 is 24.2 Å². The molecule has 0 saturated heterocycles. The predicted octanol–water partition coefficient (Wildman–Crippen LogP) is 1.75. The average molecular weight is 417 g/mol. The Labute approximate surface area is 177 Å². The molecule has 164 valence electrons. The molecule has 0 fully saturated rings. The highest BCUT2D eigenvalue weighted by atomic mass is 16.5. The van der Waals surface area contributed by atoms with Crippen molar-refractivity contribution in [2.45, 2.75) is 51.6 Å². The second kappa shape index (κ2) is 12.1. The van der Waals surface area contributed by atoms with Gasteiger partial charge in [0.2, 0.25) is 11.8 Å². The van der Waals surface area contributed by atoms with Crippen molar-refractivity contribution in [1.29, 1.82) is 0 Å². The van der Waals surface area contributed by atoms with Crippen molar-refractivity contribution in [2.75, 3.05) is 13.2 Å². The maximum absolute atomic E-state index is 12.6. The van der Waals surface area contributed by atoms with Gasteiger partial charge in [0.25, 0.3) is 0 Å². The number of hydrogen-bond donors (Lipinski definition) is 3. The molecule has 1 aromatic carbocycles. The molecule has 1 aliphatic rings. The van der Waals surface area contributed by atoms with Crippen LogP contribution in [0.25, 0.3) is 0 Å². The molecule has 2 amide bonds. The van der Waals surface area contributed by atoms with Crippen LogP contribution in [0.3, 0.4) is 0 Å². The van der Waals surface area contributed by atoms with Crippen LogP contribution in [0.2, 0.25) is 0 Å². The zero-order valence-electron chi connectivity index (χ0n) is 17.7. The summed E-state index contributed by atoms with van der Waals surface area (Å²) in [5, 5.41) is 14.6. The van der Waals surface area contributed by atoms with Crippen molar-refractivity contribution in [3.05, 3.63) is 48.0 Å². The third-order valence-electron chi connectivity index (χ3n) is 5.01. The standard InChI is InChI=1S/C23H32N2O5/c1-16(14-26)24-21(27)13-19-10-6-7-11-20(12-18-8-4-3-5-9-18)23(29)30-15-17(2)25-22(19)28/h3-9,16-17,19-20,26H,10-15H2,1-2H3,(H,24,27)(H,25,28)/t16-,17-,19+,20+/m0/s1. The SMILES string of the molecule is C[C@@H](CO)NC(=O)C[C@H]1CC=CC[C@H](Cc2ccccc2)C(=O)OC[C@H](C)NC1=O. The van der Waals surface area contributed by atoms with Gasteiger partial charge in [-0.2, -0.15) is 0 Å². The van der Waals surface area contributed by atoms with Gasteiger partial charge < -0.3 is 20.5 Å². The molecule has 7 heteroatoms. The number of hydrogen-bond acceptors (Lipinski definition) is 5. The average Bonchev–Trinajstić information content (AvgIpc) is 2.73. The van der Waals surface area contributed by atoms with Gasteiger partial charge in [-0.15, -0.1) is 0 Å². The van der Waals surface area contributed by atoms with Crippen LogP contribution in [0.1, 0.15) is 38.7 Å². The number of esters is 1. The lowest BCUT2D eigenvalue weighted by atomic mass is 9.94. The van der Waals surface area contributed by atoms with Gasteiger partial charge in [0.05, 0.1) is 24.5 Å². The van der Waals surface area contributed by atoms with Crippen molar-refractivity contribution in [3.8, 4) is 0 Å². The minimum Gasteiger partial charge on any atom is -0.463 e. The Morgan fingerprint density at radius 2 is 1.87 bits per heavy atom. The van der Waals surface area contributed by atoms with Gasteiger partial charge in [0, 0.05) is 12.5 Å². The predicted molar refractivity (Wildman–Crippen MR) is 113 cm³/mol. The molecule has 0 unspecified atom stereocenters. The van der Waals surface area contributed by atoms with E-state index in [2.05, 4.69) is 10.6 Å². The molecule has 1 aromatic rings. The molecule has 0 bridgehead atoms. The minimum absolute atomic E-state index is 0.0282. The molecule has 1 aliphatic heterocycles. The fourth-order valence-electron chi connectivity index (χ4n) is 3.30. The van der Waals surface area contributed by atoms with Crippen molar-refractivity contribution in [1.82, 2.24) is 10.6 Å². The summed E-state index contributed by atoms with van der Waals surface area (Å²) in [4.78, 5) is 37.3. The van der Waals surface area contributed by atoms with Crippen molar-refractivity contribution in [3.63, 3.8) is 0 Å². The number of aliphatic hydroxyl groups is 1. The second-order valence-electron chi connectivity index (χ2n) is 7.92. The smallest absolute Gasteiger partial charge is 0.309 e. The van der Waals surface area contributed by atoms with Gasteiger partial charge in [-0.25, -0.2) is 0 Å². The highest BCUT2D eigenvalue weighted by Gasteiger charge is 2.25. The van der Waals surface area contributed by atoms with Crippen molar-refractivity contribution >= 4 is 17.8 Å². The van der Waals surface area contributed by atoms with E-state index in [9.17, 15) is 14.4 Å². The Bertz CT molecular complexity index is 734. The van der Waals surface area contributed by atoms with Gasteiger partial charge in [-0.3, -0.25) is 14.4 Å². The van der Waals surface area contributed by atoms with E-state index in [4.69, 9.17) is 9.84 Å². The molecule has 0 spiro atoms. The largest absolute Gasteiger partial charge is 0.463 e. The zero-order chi connectivity index (χ0) is 21.9. The molecular weight excluding hydrogens is 384 g/mol. The van der Waals surface area contributed by atoms with Crippen LogP contribution in [-0.2, 0) is 25.5 Å². The van der Waals surface area contributed by atoms with Crippen LogP contribution >= 0.6 is 0 Å². The fourth-order valence-corrected chi connectivity index (χ4v) is 3.30. The monoisotopic (exact) mass is 416 g/mol. The molecule has 2 rings (SSSR count). The van der Waals surface area contributed by atoms with E-state index in [1.165, 1.54) is 0 Å². The number of benzene rings is 1. The lowest BCUT2D eigenvalue weighted by Gasteiger charge is -2.22. The van der Waals surface area contributed by atoms with Gasteiger partial charge in [-0.05, 0) is 38.7 Å². The second-order valence-corrected chi connectivity index (χ2v) is 7.92. The summed E-state index contributed by atoms with van der Waals surface area (Å²) < 4.78 is 5.45. The summed E-state index contributed by atoms with van der Waals surface area (Å²) >= 11 is 0. The number of cyclic esters (lactones) is 1. The van der Waals surface area contributed by atoms with Gasteiger partial charge in [-0.1, -0.05) is 42.5 Å². The maximum Gasteiger partial charge on any atom is 0.309 e. The van der Waals surface area contributed by atoms with E-state index >= 15 is 0 Å². The highest BCUT2D eigenvalue weighted by Crippen LogP contribution is 2.18. The molecule has 3 N–H and O–H groups in total. The summed E-state index contributed by atoms with van der Waals surface area (Å²) in [6.45, 7) is 3.39. The van der Waals surface area contributed by atoms with Crippen LogP contribution in [0.15, 0.2) is 42.5 Å². The van der Waals surface area contributed by atoms with Crippen molar-refractivity contribution in [2.24, 2.45) is 11.8 Å². The lowest BCUT2D eigenvalue weighted by Crippen LogP contribution is -2.43. The molecule has 0 radical (unpaired) electrons. The Morgan fingerprint density at radius 3 is 2.53 bits per heavy atom. The maximum atomic E-state index is 12.6. The third-order valence-corrected chi connectivity index (χ3v) is 5.01. The Hall–Kier alpha value is -2.67. The first kappa shape index (κ1) is 23.6. The number of rotatable bonds is 6. The first-order valence-corrected chi connectivity index (χ1v) is 10.4. The summed E-state index contributed by atoms with van der Waals surface area (Å²) in [5.74, 6) is -1.65. The molecule has 7 nitrogen and oxygen atoms in total. The molecule has 1 heterocycles. The van der Waals surface area contributed by atoms with E-state index < -0.39 is 5.92 Å². The third kappa shape index (κ3) is 7.99. The van der Waals surface area contributed by atoms with E-state index in [1.807, 2.05) is 42.5 Å². The highest BCUT2D eigenvalue weighted by molar-refractivity contribution is 5.86. The number of carbonyl (C=O) groups excluding carboxylic acids is 3. The van der Waals surface area contributed by atoms with Crippen LogP contribution in [0.5, 0.6) is 0 Å². The Kier molecular flexibility index (Phi) is 9.54. The van der Waals surface area contributed by atoms with E-state index in [0.29, 0.717) is 19.3 Å². The normalized spacial score (nSPS) is 24.0. The quantitative estimate of drug-likeness (QED) is 0.484. The van der Waals surface area contributed by atoms with Gasteiger partial charge in [0.1, 0.15) is 6.61 Å². The van der Waals surface area contributed by atoms with E-state index in [-0.39, 0.29) is 55.4 Å². The molecule has 4 atom stereocenters. The zero-order valence-corrected chi connectivity index (χ0v) is 17.7. The van der Waals surface area contributed by atoms with E-state index in [0.717, 1.165) is 5.56 Å². The number of aliphatic hydroxyl groups excluding tert-OH is 1. The van der Waals surface area contributed by atoms with Gasteiger partial charge >= 0.3 is 5.97 Å². The van der Waals surface area contributed by atoms with Gasteiger partial charge in [0.15, 0.2) is 0 Å². The molecule has 0 saturated carbocycles. The number of nitrogens with one attached hydrogen (secondary N) is 2. The first-order valence-electron chi connectivity index (χ1n) is 10.4. The number of carbonyl (C=O) groups is 3. The molecule has 0 aliphatic carbocycles. The first-order chi connectivity index (χ1) is 14.4. The van der Waals surface area contributed by atoms with Crippen LogP contribution < -0.4 is 10.6 Å². The summed E-state index contributed by atoms with van der Waals surface area (Å²) in [6, 6.07) is 9.07. The molecule has 30 heavy (non-hydrogen) atoms. The number of ether oxygens (including phenoxy) is 1. The number of amides is 2. The Balaban J connectivity index is 2.08. The van der Waals surface area contributed by atoms with E-state index in [1.54, 1.807) is 13.8 Å². The Morgan fingerprint density at radius 1 is 1.20 bits per heavy atom. The van der Waals surface area contributed by atoms with Crippen LogP contribution in [0, 0.1) is 11.8 Å². The summed E-state index contributed by atoms with van der Waals surface area (Å²) in [6.07, 6.45) is 5.24. The minimum atomic E-state index is -0.530. The van der Waals surface area contributed by atoms with Crippen LogP contribution in [0.4, 0.5) is 0 Å². The van der Waals surface area contributed by atoms with Crippen LogP contribution in [-0.4, -0.2) is 48.2 Å². The molecule has 0 aromatic heterocycles. The fraction of sp³-hybridized carbons (Fsp3) is 0.522. The molecular formula is C23H32N2O5. The topological polar surface area (TPSA) is 105 Å². The summed E-state index contributed by atoms with van der Waals surface area (Å²) in [7, 11) is 0. The lowest BCUT2D eigenvalue weighted by molar-refractivity contribution is -0.149. The summed E-state index contributed by atoms with van der Waals surface area (Å²) in [5.41, 5.74) is 1.06.